The largest absolute Gasteiger partial charge is 0.379 e. The van der Waals surface area contributed by atoms with Crippen molar-refractivity contribution in [2.24, 2.45) is 0 Å². The lowest BCUT2D eigenvalue weighted by Crippen LogP contribution is -2.57. The molecule has 0 radical (unpaired) electrons. The van der Waals surface area contributed by atoms with E-state index in [9.17, 15) is 10.2 Å². The third-order valence-corrected chi connectivity index (χ3v) is 2.71. The van der Waals surface area contributed by atoms with Crippen molar-refractivity contribution in [3.63, 3.8) is 0 Å². The molecule has 2 atom stereocenters. The van der Waals surface area contributed by atoms with Gasteiger partial charge in [-0.25, -0.2) is 0 Å². The predicted octanol–water partition coefficient (Wildman–Crippen LogP) is -0.784. The zero-order valence-electron chi connectivity index (χ0n) is 9.85. The molecule has 5 heteroatoms. The second-order valence-electron chi connectivity index (χ2n) is 4.40. The highest BCUT2D eigenvalue weighted by Gasteiger charge is 2.23. The fraction of sp³-hybridized carbons (Fsp3) is 1.00. The molecule has 2 unspecified atom stereocenters. The number of aliphatic hydroxyl groups excluding tert-OH is 2. The van der Waals surface area contributed by atoms with Gasteiger partial charge in [-0.05, 0) is 20.8 Å². The number of rotatable bonds is 4. The van der Waals surface area contributed by atoms with Crippen molar-refractivity contribution in [1.82, 2.24) is 15.1 Å². The Hall–Kier alpha value is -0.200. The smallest absolute Gasteiger partial charge is 0.163 e. The Labute approximate surface area is 91.7 Å². The highest BCUT2D eigenvalue weighted by atomic mass is 16.3. The van der Waals surface area contributed by atoms with Crippen LogP contribution >= 0.6 is 0 Å². The van der Waals surface area contributed by atoms with Crippen molar-refractivity contribution < 1.29 is 10.2 Å². The van der Waals surface area contributed by atoms with Gasteiger partial charge in [0, 0.05) is 32.2 Å². The first kappa shape index (κ1) is 12.9. The van der Waals surface area contributed by atoms with Gasteiger partial charge in [-0.15, -0.1) is 0 Å². The summed E-state index contributed by atoms with van der Waals surface area (Å²) in [5.74, 6) is 0. The minimum Gasteiger partial charge on any atom is -0.379 e. The van der Waals surface area contributed by atoms with E-state index in [0.717, 1.165) is 26.2 Å². The molecule has 1 rings (SSSR count). The molecule has 0 aromatic rings. The van der Waals surface area contributed by atoms with Crippen LogP contribution in [0.4, 0.5) is 0 Å². The maximum absolute atomic E-state index is 9.80. The number of hydrogen-bond acceptors (Lipinski definition) is 5. The van der Waals surface area contributed by atoms with Crippen molar-refractivity contribution >= 4 is 0 Å². The molecular formula is C10H23N3O2. The number of nitrogens with zero attached hydrogens (tertiary/aromatic N) is 2. The molecule has 0 aromatic heterocycles. The van der Waals surface area contributed by atoms with Gasteiger partial charge >= 0.3 is 0 Å². The molecular weight excluding hydrogens is 194 g/mol. The van der Waals surface area contributed by atoms with E-state index in [2.05, 4.69) is 5.32 Å². The molecule has 90 valence electrons. The third-order valence-electron chi connectivity index (χ3n) is 2.71. The predicted molar refractivity (Wildman–Crippen MR) is 59.1 cm³/mol. The Morgan fingerprint density at radius 2 is 1.40 bits per heavy atom. The van der Waals surface area contributed by atoms with Crippen molar-refractivity contribution in [3.8, 4) is 0 Å². The lowest BCUT2D eigenvalue weighted by molar-refractivity contribution is -0.0783. The van der Waals surface area contributed by atoms with E-state index in [1.54, 1.807) is 6.92 Å². The van der Waals surface area contributed by atoms with Crippen LogP contribution in [0, 0.1) is 0 Å². The molecule has 0 amide bonds. The van der Waals surface area contributed by atoms with Gasteiger partial charge in [0.25, 0.3) is 0 Å². The van der Waals surface area contributed by atoms with Crippen LogP contribution in [0.15, 0.2) is 0 Å². The zero-order valence-corrected chi connectivity index (χ0v) is 9.85. The molecule has 1 saturated heterocycles. The van der Waals surface area contributed by atoms with Crippen LogP contribution in [-0.4, -0.2) is 64.8 Å². The van der Waals surface area contributed by atoms with Crippen LogP contribution in [0.1, 0.15) is 20.8 Å². The van der Waals surface area contributed by atoms with Crippen LogP contribution in [0.2, 0.25) is 0 Å². The summed E-state index contributed by atoms with van der Waals surface area (Å²) >= 11 is 0. The van der Waals surface area contributed by atoms with Crippen molar-refractivity contribution in [2.45, 2.75) is 39.4 Å². The van der Waals surface area contributed by atoms with Gasteiger partial charge in [0.15, 0.2) is 6.35 Å². The number of nitrogens with one attached hydrogen (secondary N) is 1. The average Bonchev–Trinajstić information content (AvgIpc) is 2.17. The maximum Gasteiger partial charge on any atom is 0.163 e. The summed E-state index contributed by atoms with van der Waals surface area (Å²) in [4.78, 5) is 3.98. The molecule has 0 bridgehead atoms. The summed E-state index contributed by atoms with van der Waals surface area (Å²) in [5, 5.41) is 22.2. The molecule has 1 aliphatic rings. The van der Waals surface area contributed by atoms with Gasteiger partial charge in [0.05, 0.1) is 0 Å². The molecule has 1 aliphatic heterocycles. The van der Waals surface area contributed by atoms with E-state index in [-0.39, 0.29) is 12.3 Å². The average molecular weight is 217 g/mol. The minimum absolute atomic E-state index is 0.273. The monoisotopic (exact) mass is 217 g/mol. The van der Waals surface area contributed by atoms with Gasteiger partial charge < -0.3 is 10.2 Å². The van der Waals surface area contributed by atoms with E-state index < -0.39 is 6.35 Å². The van der Waals surface area contributed by atoms with Crippen LogP contribution in [0.25, 0.3) is 0 Å². The summed E-state index contributed by atoms with van der Waals surface area (Å²) in [6, 6.07) is 0.273. The number of hydrogen-bond donors (Lipinski definition) is 3. The fourth-order valence-corrected chi connectivity index (χ4v) is 1.76. The number of piperazine rings is 1. The second kappa shape index (κ2) is 5.77. The summed E-state index contributed by atoms with van der Waals surface area (Å²) in [6.45, 7) is 8.96. The molecule has 3 N–H and O–H groups in total. The third kappa shape index (κ3) is 4.04. The van der Waals surface area contributed by atoms with Gasteiger partial charge in [0.2, 0.25) is 0 Å². The lowest BCUT2D eigenvalue weighted by atomic mass is 10.3. The lowest BCUT2D eigenvalue weighted by Gasteiger charge is -2.38. The zero-order chi connectivity index (χ0) is 11.4. The molecule has 0 spiro atoms. The Kier molecular flexibility index (Phi) is 4.95. The topological polar surface area (TPSA) is 59.0 Å². The Balaban J connectivity index is 2.30. The Bertz CT molecular complexity index is 180. The van der Waals surface area contributed by atoms with Crippen molar-refractivity contribution in [2.75, 3.05) is 26.2 Å². The van der Waals surface area contributed by atoms with Crippen LogP contribution < -0.4 is 5.32 Å². The second-order valence-corrected chi connectivity index (χ2v) is 4.40. The first-order valence-corrected chi connectivity index (χ1v) is 5.61. The maximum atomic E-state index is 9.80. The summed E-state index contributed by atoms with van der Waals surface area (Å²) in [7, 11) is 0. The van der Waals surface area contributed by atoms with Gasteiger partial charge in [-0.1, -0.05) is 0 Å². The SMILES string of the molecule is CC(C)NC(O)N1CCN(C(C)O)CC1. The first-order valence-electron chi connectivity index (χ1n) is 5.61. The minimum atomic E-state index is -0.568. The molecule has 0 saturated carbocycles. The van der Waals surface area contributed by atoms with Gasteiger partial charge in [0.1, 0.15) is 6.23 Å². The van der Waals surface area contributed by atoms with E-state index in [1.165, 1.54) is 0 Å². The van der Waals surface area contributed by atoms with Crippen molar-refractivity contribution in [3.05, 3.63) is 0 Å². The summed E-state index contributed by atoms with van der Waals surface area (Å²) in [5.41, 5.74) is 0. The molecule has 1 heterocycles. The van der Waals surface area contributed by atoms with E-state index in [1.807, 2.05) is 23.6 Å². The molecule has 5 nitrogen and oxygen atoms in total. The van der Waals surface area contributed by atoms with E-state index in [4.69, 9.17) is 0 Å². The molecule has 15 heavy (non-hydrogen) atoms. The highest BCUT2D eigenvalue weighted by Crippen LogP contribution is 2.06. The summed E-state index contributed by atoms with van der Waals surface area (Å²) in [6.07, 6.45) is -0.955. The van der Waals surface area contributed by atoms with Gasteiger partial charge in [-0.2, -0.15) is 0 Å². The van der Waals surface area contributed by atoms with Crippen molar-refractivity contribution in [1.29, 1.82) is 0 Å². The molecule has 1 fully saturated rings. The van der Waals surface area contributed by atoms with Crippen LogP contribution in [0.5, 0.6) is 0 Å². The number of aliphatic hydroxyl groups is 2. The van der Waals surface area contributed by atoms with E-state index in [0.29, 0.717) is 0 Å². The van der Waals surface area contributed by atoms with Crippen LogP contribution in [0.3, 0.4) is 0 Å². The highest BCUT2D eigenvalue weighted by molar-refractivity contribution is 4.74. The summed E-state index contributed by atoms with van der Waals surface area (Å²) < 4.78 is 0. The molecule has 0 aromatic carbocycles. The Morgan fingerprint density at radius 3 is 1.80 bits per heavy atom. The first-order chi connectivity index (χ1) is 7.00. The standard InChI is InChI=1S/C10H23N3O2/c1-8(2)11-10(15)13-6-4-12(5-7-13)9(3)14/h8-11,14-15H,4-7H2,1-3H3. The van der Waals surface area contributed by atoms with Gasteiger partial charge in [-0.3, -0.25) is 15.1 Å². The fourth-order valence-electron chi connectivity index (χ4n) is 1.76. The Morgan fingerprint density at radius 1 is 0.933 bits per heavy atom. The van der Waals surface area contributed by atoms with Crippen LogP contribution in [-0.2, 0) is 0 Å². The quantitative estimate of drug-likeness (QED) is 0.539. The normalized spacial score (nSPS) is 24.4. The van der Waals surface area contributed by atoms with E-state index >= 15 is 0 Å². The molecule has 0 aliphatic carbocycles.